The molecule has 3 nitrogen and oxygen atoms in total. The van der Waals surface area contributed by atoms with Gasteiger partial charge in [0.05, 0.1) is 12.0 Å². The molecule has 0 saturated heterocycles. The SMILES string of the molecule is O=C(O)[C@H]1C[C@H]2CC[C@H]1[C@H]2O. The van der Waals surface area contributed by atoms with Gasteiger partial charge in [0.25, 0.3) is 0 Å². The van der Waals surface area contributed by atoms with Crippen molar-refractivity contribution < 1.29 is 15.0 Å². The number of carboxylic acid groups (broad SMARTS) is 1. The van der Waals surface area contributed by atoms with Gasteiger partial charge in [-0.25, -0.2) is 0 Å². The summed E-state index contributed by atoms with van der Waals surface area (Å²) in [4.78, 5) is 10.6. The van der Waals surface area contributed by atoms with Crippen molar-refractivity contribution in [1.29, 1.82) is 0 Å². The van der Waals surface area contributed by atoms with E-state index in [0.29, 0.717) is 6.42 Å². The van der Waals surface area contributed by atoms with Gasteiger partial charge in [0.1, 0.15) is 0 Å². The minimum atomic E-state index is -0.726. The molecule has 0 aromatic rings. The Morgan fingerprint density at radius 1 is 1.36 bits per heavy atom. The fraction of sp³-hybridized carbons (Fsp3) is 0.875. The number of carbonyl (C=O) groups is 1. The second-order valence-electron chi connectivity index (χ2n) is 3.67. The average molecular weight is 156 g/mol. The van der Waals surface area contributed by atoms with Gasteiger partial charge < -0.3 is 10.2 Å². The molecule has 2 aliphatic rings. The molecule has 4 atom stereocenters. The Kier molecular flexibility index (Phi) is 1.42. The molecule has 0 amide bonds. The first kappa shape index (κ1) is 7.10. The van der Waals surface area contributed by atoms with E-state index in [4.69, 9.17) is 5.11 Å². The van der Waals surface area contributed by atoms with Gasteiger partial charge >= 0.3 is 5.97 Å². The highest BCUT2D eigenvalue weighted by molar-refractivity contribution is 5.71. The van der Waals surface area contributed by atoms with Crippen LogP contribution in [0.4, 0.5) is 0 Å². The maximum absolute atomic E-state index is 10.6. The van der Waals surface area contributed by atoms with Crippen molar-refractivity contribution in [2.24, 2.45) is 17.8 Å². The summed E-state index contributed by atoms with van der Waals surface area (Å²) < 4.78 is 0. The molecule has 0 unspecified atom stereocenters. The zero-order valence-corrected chi connectivity index (χ0v) is 6.23. The van der Waals surface area contributed by atoms with Crippen LogP contribution in [0, 0.1) is 17.8 Å². The number of aliphatic hydroxyl groups excluding tert-OH is 1. The maximum Gasteiger partial charge on any atom is 0.306 e. The Morgan fingerprint density at radius 3 is 2.36 bits per heavy atom. The van der Waals surface area contributed by atoms with E-state index in [2.05, 4.69) is 0 Å². The van der Waals surface area contributed by atoms with E-state index in [1.54, 1.807) is 0 Å². The van der Waals surface area contributed by atoms with Crippen LogP contribution in [-0.4, -0.2) is 22.3 Å². The molecule has 0 spiro atoms. The quantitative estimate of drug-likeness (QED) is 0.580. The lowest BCUT2D eigenvalue weighted by atomic mass is 9.89. The molecule has 62 valence electrons. The average Bonchev–Trinajstić information content (AvgIpc) is 2.46. The fourth-order valence-electron chi connectivity index (χ4n) is 2.58. The molecular weight excluding hydrogens is 144 g/mol. The molecule has 2 aliphatic carbocycles. The van der Waals surface area contributed by atoms with E-state index in [1.165, 1.54) is 0 Å². The van der Waals surface area contributed by atoms with Crippen molar-refractivity contribution >= 4 is 5.97 Å². The lowest BCUT2D eigenvalue weighted by Gasteiger charge is -2.15. The summed E-state index contributed by atoms with van der Waals surface area (Å²) in [5.41, 5.74) is 0. The Morgan fingerprint density at radius 2 is 2.09 bits per heavy atom. The summed E-state index contributed by atoms with van der Waals surface area (Å²) in [7, 11) is 0. The minimum absolute atomic E-state index is 0.0532. The zero-order valence-electron chi connectivity index (χ0n) is 6.23. The van der Waals surface area contributed by atoms with Gasteiger partial charge in [0, 0.05) is 0 Å². The highest BCUT2D eigenvalue weighted by Crippen LogP contribution is 2.48. The molecule has 2 fully saturated rings. The predicted octanol–water partition coefficient (Wildman–Crippen LogP) is 0.478. The van der Waals surface area contributed by atoms with E-state index >= 15 is 0 Å². The van der Waals surface area contributed by atoms with Gasteiger partial charge in [-0.15, -0.1) is 0 Å². The van der Waals surface area contributed by atoms with Crippen LogP contribution in [0.25, 0.3) is 0 Å². The molecule has 11 heavy (non-hydrogen) atoms. The summed E-state index contributed by atoms with van der Waals surface area (Å²) in [6.07, 6.45) is 2.30. The van der Waals surface area contributed by atoms with Crippen LogP contribution in [0.1, 0.15) is 19.3 Å². The van der Waals surface area contributed by atoms with Crippen LogP contribution in [0.5, 0.6) is 0 Å². The second-order valence-corrected chi connectivity index (χ2v) is 3.67. The van der Waals surface area contributed by atoms with Crippen molar-refractivity contribution in [2.75, 3.05) is 0 Å². The Labute approximate surface area is 65.0 Å². The standard InChI is InChI=1S/C8H12O3/c9-7-4-1-2-5(7)6(3-4)8(10)11/h4-7,9H,1-3H2,(H,10,11)/t4-,5-,6+,7+/m1/s1. The predicted molar refractivity (Wildman–Crippen MR) is 38.0 cm³/mol. The second kappa shape index (κ2) is 2.21. The van der Waals surface area contributed by atoms with Gasteiger partial charge in [-0.3, -0.25) is 4.79 Å². The molecule has 0 aliphatic heterocycles. The molecular formula is C8H12O3. The van der Waals surface area contributed by atoms with Crippen molar-refractivity contribution in [3.8, 4) is 0 Å². The number of aliphatic hydroxyl groups is 1. The van der Waals surface area contributed by atoms with Crippen LogP contribution < -0.4 is 0 Å². The Bertz CT molecular complexity index is 190. The van der Waals surface area contributed by atoms with Gasteiger partial charge in [-0.2, -0.15) is 0 Å². The lowest BCUT2D eigenvalue weighted by molar-refractivity contribution is -0.143. The highest BCUT2D eigenvalue weighted by atomic mass is 16.4. The molecule has 3 heteroatoms. The van der Waals surface area contributed by atoms with Crippen LogP contribution in [-0.2, 0) is 4.79 Å². The van der Waals surface area contributed by atoms with Crippen molar-refractivity contribution in [2.45, 2.75) is 25.4 Å². The molecule has 2 saturated carbocycles. The Balaban J connectivity index is 2.14. The van der Waals surface area contributed by atoms with E-state index in [0.717, 1.165) is 12.8 Å². The molecule has 0 aromatic heterocycles. The third-order valence-electron chi connectivity index (χ3n) is 3.18. The first-order valence-electron chi connectivity index (χ1n) is 4.11. The van der Waals surface area contributed by atoms with E-state index < -0.39 is 5.97 Å². The third kappa shape index (κ3) is 0.872. The van der Waals surface area contributed by atoms with Crippen molar-refractivity contribution in [1.82, 2.24) is 0 Å². The smallest absolute Gasteiger partial charge is 0.306 e. The normalized spacial score (nSPS) is 48.1. The van der Waals surface area contributed by atoms with E-state index in [1.807, 2.05) is 0 Å². The topological polar surface area (TPSA) is 57.5 Å². The number of hydrogen-bond acceptors (Lipinski definition) is 2. The van der Waals surface area contributed by atoms with E-state index in [9.17, 15) is 9.90 Å². The molecule has 2 bridgehead atoms. The highest BCUT2D eigenvalue weighted by Gasteiger charge is 2.49. The molecule has 0 heterocycles. The lowest BCUT2D eigenvalue weighted by Crippen LogP contribution is -2.22. The summed E-state index contributed by atoms with van der Waals surface area (Å²) in [5, 5.41) is 18.2. The van der Waals surface area contributed by atoms with Gasteiger partial charge in [-0.05, 0) is 31.1 Å². The first-order valence-corrected chi connectivity index (χ1v) is 4.11. The summed E-state index contributed by atoms with van der Waals surface area (Å²) >= 11 is 0. The van der Waals surface area contributed by atoms with Crippen molar-refractivity contribution in [3.63, 3.8) is 0 Å². The maximum atomic E-state index is 10.6. The van der Waals surface area contributed by atoms with Gasteiger partial charge in [0.15, 0.2) is 0 Å². The monoisotopic (exact) mass is 156 g/mol. The van der Waals surface area contributed by atoms with Crippen LogP contribution in [0.2, 0.25) is 0 Å². The van der Waals surface area contributed by atoms with Gasteiger partial charge in [-0.1, -0.05) is 0 Å². The molecule has 0 aromatic carbocycles. The van der Waals surface area contributed by atoms with Crippen LogP contribution >= 0.6 is 0 Å². The minimum Gasteiger partial charge on any atom is -0.481 e. The van der Waals surface area contributed by atoms with Gasteiger partial charge in [0.2, 0.25) is 0 Å². The van der Waals surface area contributed by atoms with E-state index in [-0.39, 0.29) is 23.9 Å². The largest absolute Gasteiger partial charge is 0.481 e. The van der Waals surface area contributed by atoms with Crippen molar-refractivity contribution in [3.05, 3.63) is 0 Å². The summed E-state index contributed by atoms with van der Waals surface area (Å²) in [5.74, 6) is -0.654. The molecule has 2 N–H and O–H groups in total. The molecule has 0 radical (unpaired) electrons. The number of aliphatic carboxylic acids is 1. The Hall–Kier alpha value is -0.570. The zero-order chi connectivity index (χ0) is 8.01. The van der Waals surface area contributed by atoms with Crippen LogP contribution in [0.3, 0.4) is 0 Å². The molecule has 2 rings (SSSR count). The fourth-order valence-corrected chi connectivity index (χ4v) is 2.58. The van der Waals surface area contributed by atoms with Crippen LogP contribution in [0.15, 0.2) is 0 Å². The summed E-state index contributed by atoms with van der Waals surface area (Å²) in [6.45, 7) is 0. The number of carboxylic acids is 1. The first-order chi connectivity index (χ1) is 5.20. The number of fused-ring (bicyclic) bond motifs is 2. The third-order valence-corrected chi connectivity index (χ3v) is 3.18. The summed E-state index contributed by atoms with van der Waals surface area (Å²) in [6, 6.07) is 0. The number of rotatable bonds is 1. The number of hydrogen-bond donors (Lipinski definition) is 2.